The Kier molecular flexibility index (Phi) is 3.24. The van der Waals surface area contributed by atoms with E-state index in [2.05, 4.69) is 15.3 Å². The highest BCUT2D eigenvalue weighted by Crippen LogP contribution is 2.15. The molecule has 5 heteroatoms. The van der Waals surface area contributed by atoms with Crippen LogP contribution in [0.3, 0.4) is 0 Å². The van der Waals surface area contributed by atoms with Crippen molar-refractivity contribution in [2.45, 2.75) is 25.4 Å². The number of carbonyl (C=O) groups excluding carboxylic acids is 1. The highest BCUT2D eigenvalue weighted by molar-refractivity contribution is 5.89. The lowest BCUT2D eigenvalue weighted by Crippen LogP contribution is -2.20. The van der Waals surface area contributed by atoms with Gasteiger partial charge in [-0.2, -0.15) is 0 Å². The van der Waals surface area contributed by atoms with E-state index in [1.54, 1.807) is 18.5 Å². The average molecular weight is 207 g/mol. The molecule has 0 bridgehead atoms. The minimum Gasteiger partial charge on any atom is -0.378 e. The molecular weight excluding hydrogens is 194 g/mol. The summed E-state index contributed by atoms with van der Waals surface area (Å²) in [5.41, 5.74) is 0. The molecule has 1 amide bonds. The fourth-order valence-electron chi connectivity index (χ4n) is 1.55. The number of nitrogens with one attached hydrogen (secondary N) is 1. The minimum atomic E-state index is -0.0897. The number of rotatable bonds is 3. The van der Waals surface area contributed by atoms with Crippen LogP contribution in [0.2, 0.25) is 0 Å². The first kappa shape index (κ1) is 10.0. The van der Waals surface area contributed by atoms with Gasteiger partial charge in [0.15, 0.2) is 0 Å². The maximum Gasteiger partial charge on any atom is 0.229 e. The van der Waals surface area contributed by atoms with Crippen molar-refractivity contribution >= 4 is 11.9 Å². The van der Waals surface area contributed by atoms with Crippen LogP contribution in [0.5, 0.6) is 0 Å². The molecule has 1 fully saturated rings. The van der Waals surface area contributed by atoms with E-state index in [9.17, 15) is 4.79 Å². The Morgan fingerprint density at radius 2 is 2.33 bits per heavy atom. The second-order valence-corrected chi connectivity index (χ2v) is 3.46. The molecule has 1 saturated heterocycles. The van der Waals surface area contributed by atoms with Crippen molar-refractivity contribution < 1.29 is 9.53 Å². The predicted octanol–water partition coefficient (Wildman–Crippen LogP) is 0.984. The van der Waals surface area contributed by atoms with Crippen molar-refractivity contribution in [1.82, 2.24) is 9.97 Å². The summed E-state index contributed by atoms with van der Waals surface area (Å²) in [6, 6.07) is 1.70. The van der Waals surface area contributed by atoms with E-state index >= 15 is 0 Å². The van der Waals surface area contributed by atoms with Crippen LogP contribution in [0.1, 0.15) is 19.3 Å². The molecule has 1 atom stereocenters. The molecule has 2 heterocycles. The molecule has 0 spiro atoms. The first-order chi connectivity index (χ1) is 7.34. The standard InChI is InChI=1S/C10H13N3O2/c14-9(7-8-3-1-6-15-8)13-10-11-4-2-5-12-10/h2,4-5,8H,1,3,6-7H2,(H,11,12,13,14). The summed E-state index contributed by atoms with van der Waals surface area (Å²) in [7, 11) is 0. The van der Waals surface area contributed by atoms with E-state index in [1.807, 2.05) is 0 Å². The zero-order valence-corrected chi connectivity index (χ0v) is 8.35. The highest BCUT2D eigenvalue weighted by Gasteiger charge is 2.19. The molecule has 0 radical (unpaired) electrons. The summed E-state index contributed by atoms with van der Waals surface area (Å²) in [6.07, 6.45) is 5.64. The van der Waals surface area contributed by atoms with Crippen LogP contribution in [0.25, 0.3) is 0 Å². The summed E-state index contributed by atoms with van der Waals surface area (Å²) in [5.74, 6) is 0.258. The smallest absolute Gasteiger partial charge is 0.229 e. The highest BCUT2D eigenvalue weighted by atomic mass is 16.5. The van der Waals surface area contributed by atoms with Crippen molar-refractivity contribution in [3.05, 3.63) is 18.5 Å². The third-order valence-electron chi connectivity index (χ3n) is 2.25. The number of amides is 1. The van der Waals surface area contributed by atoms with E-state index in [0.717, 1.165) is 19.4 Å². The maximum atomic E-state index is 11.5. The van der Waals surface area contributed by atoms with Gasteiger partial charge in [-0.15, -0.1) is 0 Å². The lowest BCUT2D eigenvalue weighted by atomic mass is 10.2. The average Bonchev–Trinajstić information content (AvgIpc) is 2.71. The second kappa shape index (κ2) is 4.84. The van der Waals surface area contributed by atoms with Crippen LogP contribution in [0, 0.1) is 0 Å². The van der Waals surface area contributed by atoms with Crippen molar-refractivity contribution in [3.8, 4) is 0 Å². The molecule has 0 aliphatic carbocycles. The first-order valence-corrected chi connectivity index (χ1v) is 5.03. The lowest BCUT2D eigenvalue weighted by Gasteiger charge is -2.08. The molecule has 1 aromatic heterocycles. The number of nitrogens with zero attached hydrogens (tertiary/aromatic N) is 2. The van der Waals surface area contributed by atoms with E-state index in [0.29, 0.717) is 12.4 Å². The quantitative estimate of drug-likeness (QED) is 0.802. The molecule has 2 rings (SSSR count). The van der Waals surface area contributed by atoms with Crippen molar-refractivity contribution in [1.29, 1.82) is 0 Å². The lowest BCUT2D eigenvalue weighted by molar-refractivity contribution is -0.118. The topological polar surface area (TPSA) is 64.1 Å². The number of aromatic nitrogens is 2. The van der Waals surface area contributed by atoms with Crippen LogP contribution in [-0.4, -0.2) is 28.6 Å². The Morgan fingerprint density at radius 3 is 3.00 bits per heavy atom. The van der Waals surface area contributed by atoms with Gasteiger partial charge in [-0.05, 0) is 18.9 Å². The molecule has 1 N–H and O–H groups in total. The van der Waals surface area contributed by atoms with Gasteiger partial charge in [0.25, 0.3) is 0 Å². The van der Waals surface area contributed by atoms with Gasteiger partial charge in [0.05, 0.1) is 12.5 Å². The first-order valence-electron chi connectivity index (χ1n) is 5.03. The summed E-state index contributed by atoms with van der Waals surface area (Å²) in [5, 5.41) is 2.63. The molecule has 1 aliphatic rings. The summed E-state index contributed by atoms with van der Waals surface area (Å²) in [4.78, 5) is 19.3. The van der Waals surface area contributed by atoms with Crippen LogP contribution >= 0.6 is 0 Å². The van der Waals surface area contributed by atoms with Crippen LogP contribution in [0.15, 0.2) is 18.5 Å². The van der Waals surface area contributed by atoms with E-state index in [-0.39, 0.29) is 12.0 Å². The fourth-order valence-corrected chi connectivity index (χ4v) is 1.55. The van der Waals surface area contributed by atoms with Gasteiger partial charge < -0.3 is 4.74 Å². The zero-order valence-electron chi connectivity index (χ0n) is 8.35. The number of hydrogen-bond acceptors (Lipinski definition) is 4. The Bertz CT molecular complexity index is 323. The molecule has 15 heavy (non-hydrogen) atoms. The van der Waals surface area contributed by atoms with Gasteiger partial charge >= 0.3 is 0 Å². The van der Waals surface area contributed by atoms with Gasteiger partial charge in [-0.1, -0.05) is 0 Å². The van der Waals surface area contributed by atoms with Crippen LogP contribution in [-0.2, 0) is 9.53 Å². The molecule has 0 saturated carbocycles. The van der Waals surface area contributed by atoms with Crippen LogP contribution < -0.4 is 5.32 Å². The molecule has 5 nitrogen and oxygen atoms in total. The number of carbonyl (C=O) groups is 1. The molecule has 0 aromatic carbocycles. The van der Waals surface area contributed by atoms with Gasteiger partial charge in [0, 0.05) is 19.0 Å². The minimum absolute atomic E-state index is 0.0636. The molecule has 80 valence electrons. The molecule has 1 aliphatic heterocycles. The summed E-state index contributed by atoms with van der Waals surface area (Å²) < 4.78 is 5.36. The fraction of sp³-hybridized carbons (Fsp3) is 0.500. The second-order valence-electron chi connectivity index (χ2n) is 3.46. The van der Waals surface area contributed by atoms with E-state index < -0.39 is 0 Å². The van der Waals surface area contributed by atoms with E-state index in [1.165, 1.54) is 0 Å². The molecule has 1 aromatic rings. The van der Waals surface area contributed by atoms with Gasteiger partial charge in [0.1, 0.15) is 0 Å². The largest absolute Gasteiger partial charge is 0.378 e. The summed E-state index contributed by atoms with van der Waals surface area (Å²) >= 11 is 0. The number of hydrogen-bond donors (Lipinski definition) is 1. The monoisotopic (exact) mass is 207 g/mol. The predicted molar refractivity (Wildman–Crippen MR) is 54.3 cm³/mol. The molecule has 1 unspecified atom stereocenters. The third kappa shape index (κ3) is 2.99. The summed E-state index contributed by atoms with van der Waals surface area (Å²) in [6.45, 7) is 0.764. The normalized spacial score (nSPS) is 20.1. The van der Waals surface area contributed by atoms with Gasteiger partial charge in [-0.25, -0.2) is 9.97 Å². The Hall–Kier alpha value is -1.49. The maximum absolute atomic E-state index is 11.5. The third-order valence-corrected chi connectivity index (χ3v) is 2.25. The Labute approximate surface area is 87.9 Å². The SMILES string of the molecule is O=C(CC1CCCO1)Nc1ncccn1. The van der Waals surface area contributed by atoms with Crippen molar-refractivity contribution in [2.75, 3.05) is 11.9 Å². The van der Waals surface area contributed by atoms with Gasteiger partial charge in [0.2, 0.25) is 11.9 Å². The van der Waals surface area contributed by atoms with Gasteiger partial charge in [-0.3, -0.25) is 10.1 Å². The van der Waals surface area contributed by atoms with Crippen molar-refractivity contribution in [2.24, 2.45) is 0 Å². The number of ether oxygens (including phenoxy) is 1. The molecular formula is C10H13N3O2. The zero-order chi connectivity index (χ0) is 10.5. The Morgan fingerprint density at radius 1 is 1.53 bits per heavy atom. The van der Waals surface area contributed by atoms with E-state index in [4.69, 9.17) is 4.74 Å². The van der Waals surface area contributed by atoms with Crippen LogP contribution in [0.4, 0.5) is 5.95 Å². The Balaban J connectivity index is 1.82. The van der Waals surface area contributed by atoms with Crippen molar-refractivity contribution in [3.63, 3.8) is 0 Å². The number of anilines is 1.